The second-order valence-electron chi connectivity index (χ2n) is 6.00. The molecule has 0 saturated heterocycles. The molecule has 2 aliphatic carbocycles. The predicted molar refractivity (Wildman–Crippen MR) is 71.2 cm³/mol. The molecule has 2 fully saturated rings. The molecule has 5 N–H and O–H groups in total. The van der Waals surface area contributed by atoms with Gasteiger partial charge in [-0.3, -0.25) is 16.0 Å². The number of fused-ring (bicyclic) bond motifs is 2. The summed E-state index contributed by atoms with van der Waals surface area (Å²) in [4.78, 5) is 0. The van der Waals surface area contributed by atoms with E-state index in [1.807, 2.05) is 13.2 Å². The van der Waals surface area contributed by atoms with E-state index in [0.717, 1.165) is 35.6 Å². The Bertz CT molecular complexity index is 427. The summed E-state index contributed by atoms with van der Waals surface area (Å²) in [5.41, 5.74) is 10.0. The summed E-state index contributed by atoms with van der Waals surface area (Å²) >= 11 is 0. The standard InChI is InChI=1S/C13H23N5/c1-18-13(14)11(7-16-18)12(17-15)6-10-5-8-2-3-9(10)4-8/h7-10,12,17H,2-6,14-15H2,1H3. The lowest BCUT2D eigenvalue weighted by molar-refractivity contribution is 0.280. The van der Waals surface area contributed by atoms with E-state index in [2.05, 4.69) is 10.5 Å². The van der Waals surface area contributed by atoms with Crippen molar-refractivity contribution in [3.63, 3.8) is 0 Å². The molecule has 18 heavy (non-hydrogen) atoms. The third-order valence-corrected chi connectivity index (χ3v) is 5.01. The molecular weight excluding hydrogens is 226 g/mol. The monoisotopic (exact) mass is 249 g/mol. The van der Waals surface area contributed by atoms with Gasteiger partial charge in [0.1, 0.15) is 5.82 Å². The second-order valence-corrected chi connectivity index (χ2v) is 6.00. The van der Waals surface area contributed by atoms with Crippen LogP contribution in [0.5, 0.6) is 0 Å². The number of aryl methyl sites for hydroxylation is 1. The van der Waals surface area contributed by atoms with Gasteiger partial charge < -0.3 is 5.73 Å². The molecule has 0 amide bonds. The van der Waals surface area contributed by atoms with E-state index in [-0.39, 0.29) is 6.04 Å². The molecule has 100 valence electrons. The zero-order valence-electron chi connectivity index (χ0n) is 11.0. The number of nitrogens with zero attached hydrogens (tertiary/aromatic N) is 2. The first kappa shape index (κ1) is 12.0. The molecule has 3 rings (SSSR count). The second kappa shape index (κ2) is 4.55. The minimum absolute atomic E-state index is 0.142. The normalized spacial score (nSPS) is 32.0. The number of hydrogen-bond acceptors (Lipinski definition) is 4. The third-order valence-electron chi connectivity index (χ3n) is 5.01. The third kappa shape index (κ3) is 1.91. The van der Waals surface area contributed by atoms with Crippen LogP contribution in [0.15, 0.2) is 6.20 Å². The average molecular weight is 249 g/mol. The summed E-state index contributed by atoms with van der Waals surface area (Å²) in [5.74, 6) is 9.15. The SMILES string of the molecule is Cn1ncc(C(CC2CC3CCC2C3)NN)c1N. The molecule has 1 aromatic rings. The molecule has 1 aromatic heterocycles. The number of anilines is 1. The van der Waals surface area contributed by atoms with Gasteiger partial charge in [-0.05, 0) is 43.4 Å². The number of nitrogen functional groups attached to an aromatic ring is 1. The molecule has 2 bridgehead atoms. The van der Waals surface area contributed by atoms with Gasteiger partial charge in [0.15, 0.2) is 0 Å². The summed E-state index contributed by atoms with van der Waals surface area (Å²) in [6.07, 6.45) is 8.60. The Morgan fingerprint density at radius 2 is 2.33 bits per heavy atom. The van der Waals surface area contributed by atoms with Crippen LogP contribution in [0, 0.1) is 17.8 Å². The van der Waals surface area contributed by atoms with Gasteiger partial charge in [0, 0.05) is 12.6 Å². The lowest BCUT2D eigenvalue weighted by atomic mass is 9.83. The van der Waals surface area contributed by atoms with Crippen LogP contribution in [-0.2, 0) is 7.05 Å². The van der Waals surface area contributed by atoms with Gasteiger partial charge in [-0.15, -0.1) is 0 Å². The van der Waals surface area contributed by atoms with E-state index in [0.29, 0.717) is 0 Å². The van der Waals surface area contributed by atoms with Gasteiger partial charge in [-0.2, -0.15) is 5.10 Å². The highest BCUT2D eigenvalue weighted by molar-refractivity contribution is 5.40. The molecule has 4 atom stereocenters. The van der Waals surface area contributed by atoms with Gasteiger partial charge in [0.2, 0.25) is 0 Å². The first-order chi connectivity index (χ1) is 8.69. The molecule has 0 spiro atoms. The lowest BCUT2D eigenvalue weighted by Gasteiger charge is -2.26. The van der Waals surface area contributed by atoms with Crippen LogP contribution < -0.4 is 17.0 Å². The fourth-order valence-corrected chi connectivity index (χ4v) is 3.99. The molecule has 0 radical (unpaired) electrons. The first-order valence-corrected chi connectivity index (χ1v) is 6.92. The number of hydrogen-bond donors (Lipinski definition) is 3. The minimum atomic E-state index is 0.142. The average Bonchev–Trinajstić information content (AvgIpc) is 3.05. The highest BCUT2D eigenvalue weighted by atomic mass is 15.3. The molecule has 4 unspecified atom stereocenters. The van der Waals surface area contributed by atoms with Crippen molar-refractivity contribution in [2.75, 3.05) is 5.73 Å². The van der Waals surface area contributed by atoms with E-state index in [4.69, 9.17) is 11.6 Å². The topological polar surface area (TPSA) is 81.9 Å². The number of nitrogens with two attached hydrogens (primary N) is 2. The van der Waals surface area contributed by atoms with Crippen molar-refractivity contribution in [3.8, 4) is 0 Å². The van der Waals surface area contributed by atoms with Crippen molar-refractivity contribution in [1.29, 1.82) is 0 Å². The minimum Gasteiger partial charge on any atom is -0.384 e. The molecule has 0 aliphatic heterocycles. The first-order valence-electron chi connectivity index (χ1n) is 6.92. The van der Waals surface area contributed by atoms with E-state index in [1.165, 1.54) is 25.7 Å². The summed E-state index contributed by atoms with van der Waals surface area (Å²) in [7, 11) is 1.87. The Kier molecular flexibility index (Phi) is 3.03. The lowest BCUT2D eigenvalue weighted by Crippen LogP contribution is -2.31. The maximum atomic E-state index is 6.03. The zero-order valence-corrected chi connectivity index (χ0v) is 11.0. The van der Waals surface area contributed by atoms with Crippen LogP contribution in [-0.4, -0.2) is 9.78 Å². The Morgan fingerprint density at radius 3 is 2.83 bits per heavy atom. The van der Waals surface area contributed by atoms with Crippen molar-refractivity contribution in [3.05, 3.63) is 11.8 Å². The summed E-state index contributed by atoms with van der Waals surface area (Å²) < 4.78 is 1.71. The fraction of sp³-hybridized carbons (Fsp3) is 0.769. The van der Waals surface area contributed by atoms with Gasteiger partial charge in [-0.25, -0.2) is 0 Å². The van der Waals surface area contributed by atoms with E-state index in [1.54, 1.807) is 4.68 Å². The Morgan fingerprint density at radius 1 is 1.50 bits per heavy atom. The Labute approximate surface area is 108 Å². The Balaban J connectivity index is 1.71. The molecule has 5 heteroatoms. The quantitative estimate of drug-likeness (QED) is 0.555. The highest BCUT2D eigenvalue weighted by Crippen LogP contribution is 2.51. The van der Waals surface area contributed by atoms with Crippen LogP contribution in [0.2, 0.25) is 0 Å². The van der Waals surface area contributed by atoms with Crippen molar-refractivity contribution < 1.29 is 0 Å². The van der Waals surface area contributed by atoms with Crippen LogP contribution in [0.25, 0.3) is 0 Å². The van der Waals surface area contributed by atoms with Gasteiger partial charge in [0.25, 0.3) is 0 Å². The maximum absolute atomic E-state index is 6.03. The molecule has 2 saturated carbocycles. The summed E-state index contributed by atoms with van der Waals surface area (Å²) in [5, 5.41) is 4.20. The number of nitrogens with one attached hydrogen (secondary N) is 1. The van der Waals surface area contributed by atoms with Gasteiger partial charge in [-0.1, -0.05) is 6.42 Å². The summed E-state index contributed by atoms with van der Waals surface area (Å²) in [6, 6.07) is 0.142. The van der Waals surface area contributed by atoms with Crippen LogP contribution in [0.4, 0.5) is 5.82 Å². The highest BCUT2D eigenvalue weighted by Gasteiger charge is 2.40. The molecule has 0 aromatic carbocycles. The number of hydrazine groups is 1. The van der Waals surface area contributed by atoms with Crippen LogP contribution in [0.3, 0.4) is 0 Å². The largest absolute Gasteiger partial charge is 0.384 e. The maximum Gasteiger partial charge on any atom is 0.126 e. The Hall–Kier alpha value is -1.07. The zero-order chi connectivity index (χ0) is 12.7. The molecule has 5 nitrogen and oxygen atoms in total. The number of rotatable bonds is 4. The summed E-state index contributed by atoms with van der Waals surface area (Å²) in [6.45, 7) is 0. The number of aromatic nitrogens is 2. The van der Waals surface area contributed by atoms with E-state index in [9.17, 15) is 0 Å². The van der Waals surface area contributed by atoms with Gasteiger partial charge >= 0.3 is 0 Å². The van der Waals surface area contributed by atoms with Crippen LogP contribution in [0.1, 0.15) is 43.7 Å². The smallest absolute Gasteiger partial charge is 0.126 e. The predicted octanol–water partition coefficient (Wildman–Crippen LogP) is 1.33. The fourth-order valence-electron chi connectivity index (χ4n) is 3.99. The molecule has 2 aliphatic rings. The van der Waals surface area contributed by atoms with Gasteiger partial charge in [0.05, 0.1) is 12.2 Å². The van der Waals surface area contributed by atoms with Crippen molar-refractivity contribution >= 4 is 5.82 Å². The van der Waals surface area contributed by atoms with Crippen molar-refractivity contribution in [1.82, 2.24) is 15.2 Å². The van der Waals surface area contributed by atoms with Crippen molar-refractivity contribution in [2.24, 2.45) is 30.6 Å². The van der Waals surface area contributed by atoms with E-state index < -0.39 is 0 Å². The molecule has 1 heterocycles. The molecular formula is C13H23N5. The van der Waals surface area contributed by atoms with Crippen LogP contribution >= 0.6 is 0 Å². The van der Waals surface area contributed by atoms with E-state index >= 15 is 0 Å². The van der Waals surface area contributed by atoms with Crippen molar-refractivity contribution in [2.45, 2.75) is 38.1 Å².